The molecule has 0 fully saturated rings. The fourth-order valence-electron chi connectivity index (χ4n) is 2.82. The predicted octanol–water partition coefficient (Wildman–Crippen LogP) is 4.42. The fourth-order valence-corrected chi connectivity index (χ4v) is 2.82. The maximum atomic E-state index is 12.3. The molecule has 0 aliphatic carbocycles. The molecule has 0 radical (unpaired) electrons. The van der Waals surface area contributed by atoms with Crippen LogP contribution < -0.4 is 15.0 Å². The van der Waals surface area contributed by atoms with E-state index in [1.807, 2.05) is 44.2 Å². The monoisotopic (exact) mass is 340 g/mol. The molecule has 0 saturated carbocycles. The Bertz CT molecular complexity index is 692. The molecule has 0 heterocycles. The maximum Gasteiger partial charge on any atom is 0.228 e. The molecule has 25 heavy (non-hydrogen) atoms. The summed E-state index contributed by atoms with van der Waals surface area (Å²) in [5, 5.41) is 3.01. The van der Waals surface area contributed by atoms with Gasteiger partial charge < -0.3 is 15.0 Å². The third-order valence-corrected chi connectivity index (χ3v) is 4.21. The van der Waals surface area contributed by atoms with E-state index in [9.17, 15) is 4.79 Å². The minimum absolute atomic E-state index is 0.0113. The van der Waals surface area contributed by atoms with Crippen molar-refractivity contribution in [2.75, 3.05) is 29.9 Å². The molecule has 0 aliphatic heterocycles. The number of nitrogens with zero attached hydrogens (tertiary/aromatic N) is 1. The minimum atomic E-state index is -0.0113. The normalized spacial score (nSPS) is 10.4. The molecule has 2 rings (SSSR count). The van der Waals surface area contributed by atoms with Crippen LogP contribution in [0.25, 0.3) is 0 Å². The Morgan fingerprint density at radius 1 is 1.04 bits per heavy atom. The van der Waals surface area contributed by atoms with E-state index in [1.54, 1.807) is 0 Å². The van der Waals surface area contributed by atoms with Crippen molar-refractivity contribution in [3.63, 3.8) is 0 Å². The van der Waals surface area contributed by atoms with Crippen molar-refractivity contribution in [2.45, 2.75) is 34.1 Å². The van der Waals surface area contributed by atoms with E-state index < -0.39 is 0 Å². The first-order chi connectivity index (χ1) is 12.1. The number of ether oxygens (including phenoxy) is 1. The molecule has 0 saturated heterocycles. The number of hydrogen-bond donors (Lipinski definition) is 1. The lowest BCUT2D eigenvalue weighted by Gasteiger charge is -2.22. The average Bonchev–Trinajstić information content (AvgIpc) is 2.60. The summed E-state index contributed by atoms with van der Waals surface area (Å²) < 4.78 is 5.42. The number of aryl methyl sites for hydroxylation is 1. The van der Waals surface area contributed by atoms with Crippen LogP contribution in [-0.2, 0) is 11.2 Å². The molecule has 1 amide bonds. The van der Waals surface area contributed by atoms with E-state index in [1.165, 1.54) is 5.69 Å². The highest BCUT2D eigenvalue weighted by molar-refractivity contribution is 5.93. The number of carbonyl (C=O) groups is 1. The molecule has 2 aromatic rings. The zero-order valence-electron chi connectivity index (χ0n) is 15.6. The van der Waals surface area contributed by atoms with E-state index in [0.29, 0.717) is 13.0 Å². The lowest BCUT2D eigenvalue weighted by molar-refractivity contribution is -0.115. The number of benzene rings is 2. The van der Waals surface area contributed by atoms with Gasteiger partial charge in [-0.25, -0.2) is 0 Å². The summed E-state index contributed by atoms with van der Waals surface area (Å²) in [4.78, 5) is 14.6. The fraction of sp³-hybridized carbons (Fsp3) is 0.381. The molecule has 0 atom stereocenters. The second kappa shape index (κ2) is 9.11. The van der Waals surface area contributed by atoms with Gasteiger partial charge in [0.15, 0.2) is 0 Å². The van der Waals surface area contributed by atoms with Crippen LogP contribution in [0.5, 0.6) is 5.75 Å². The molecule has 0 spiro atoms. The van der Waals surface area contributed by atoms with E-state index in [2.05, 4.69) is 36.2 Å². The van der Waals surface area contributed by atoms with Gasteiger partial charge >= 0.3 is 0 Å². The number of nitrogens with one attached hydrogen (secondary N) is 1. The molecule has 2 aromatic carbocycles. The summed E-state index contributed by atoms with van der Waals surface area (Å²) in [6.07, 6.45) is 0.351. The summed E-state index contributed by atoms with van der Waals surface area (Å²) in [5.41, 5.74) is 4.10. The molecule has 4 heteroatoms. The van der Waals surface area contributed by atoms with Gasteiger partial charge in [-0.1, -0.05) is 12.1 Å². The topological polar surface area (TPSA) is 41.6 Å². The van der Waals surface area contributed by atoms with E-state index in [4.69, 9.17) is 4.74 Å². The average molecular weight is 340 g/mol. The summed E-state index contributed by atoms with van der Waals surface area (Å²) >= 11 is 0. The highest BCUT2D eigenvalue weighted by atomic mass is 16.5. The third-order valence-electron chi connectivity index (χ3n) is 4.21. The van der Waals surface area contributed by atoms with Crippen molar-refractivity contribution in [3.8, 4) is 5.75 Å². The zero-order valence-corrected chi connectivity index (χ0v) is 15.6. The van der Waals surface area contributed by atoms with Gasteiger partial charge in [0.1, 0.15) is 5.75 Å². The van der Waals surface area contributed by atoms with Crippen LogP contribution in [0.1, 0.15) is 31.9 Å². The van der Waals surface area contributed by atoms with E-state index in [0.717, 1.165) is 35.7 Å². The van der Waals surface area contributed by atoms with Crippen LogP contribution in [0.3, 0.4) is 0 Å². The summed E-state index contributed by atoms with van der Waals surface area (Å²) in [5.74, 6) is 0.817. The Labute approximate surface area is 150 Å². The molecular formula is C21H28N2O2. The van der Waals surface area contributed by atoms with Gasteiger partial charge in [-0.05, 0) is 69.2 Å². The summed E-state index contributed by atoms with van der Waals surface area (Å²) in [6, 6.07) is 13.8. The van der Waals surface area contributed by atoms with Gasteiger partial charge in [-0.2, -0.15) is 0 Å². The lowest BCUT2D eigenvalue weighted by Crippen LogP contribution is -2.22. The van der Waals surface area contributed by atoms with Crippen molar-refractivity contribution >= 4 is 17.3 Å². The molecule has 0 unspecified atom stereocenters. The smallest absolute Gasteiger partial charge is 0.228 e. The number of rotatable bonds is 8. The van der Waals surface area contributed by atoms with Crippen LogP contribution in [0, 0.1) is 6.92 Å². The van der Waals surface area contributed by atoms with Crippen LogP contribution in [-0.4, -0.2) is 25.6 Å². The number of anilines is 2. The van der Waals surface area contributed by atoms with Crippen molar-refractivity contribution in [1.82, 2.24) is 0 Å². The predicted molar refractivity (Wildman–Crippen MR) is 105 cm³/mol. The molecule has 0 aliphatic rings. The lowest BCUT2D eigenvalue weighted by atomic mass is 10.1. The maximum absolute atomic E-state index is 12.3. The summed E-state index contributed by atoms with van der Waals surface area (Å²) in [6.45, 7) is 10.9. The van der Waals surface area contributed by atoms with Crippen LogP contribution in [0.4, 0.5) is 11.4 Å². The van der Waals surface area contributed by atoms with Gasteiger partial charge in [0, 0.05) is 24.5 Å². The first-order valence-corrected chi connectivity index (χ1v) is 8.94. The van der Waals surface area contributed by atoms with E-state index in [-0.39, 0.29) is 5.91 Å². The van der Waals surface area contributed by atoms with Crippen molar-refractivity contribution in [1.29, 1.82) is 0 Å². The van der Waals surface area contributed by atoms with E-state index >= 15 is 0 Å². The highest BCUT2D eigenvalue weighted by Crippen LogP contribution is 2.23. The Kier molecular flexibility index (Phi) is 6.87. The molecule has 4 nitrogen and oxygen atoms in total. The number of carbonyl (C=O) groups excluding carboxylic acids is 1. The SMILES string of the molecule is CCOc1ccc(CC(=O)Nc2ccc(N(CC)CC)cc2C)cc1. The molecule has 134 valence electrons. The molecular weight excluding hydrogens is 312 g/mol. The molecule has 0 aromatic heterocycles. The number of amides is 1. The van der Waals surface area contributed by atoms with Crippen molar-refractivity contribution in [3.05, 3.63) is 53.6 Å². The Morgan fingerprint density at radius 2 is 1.72 bits per heavy atom. The highest BCUT2D eigenvalue weighted by Gasteiger charge is 2.09. The van der Waals surface area contributed by atoms with Gasteiger partial charge in [-0.3, -0.25) is 4.79 Å². The number of hydrogen-bond acceptors (Lipinski definition) is 3. The molecule has 1 N–H and O–H groups in total. The molecule has 0 bridgehead atoms. The van der Waals surface area contributed by atoms with Crippen molar-refractivity contribution in [2.24, 2.45) is 0 Å². The standard InChI is InChI=1S/C21H28N2O2/c1-5-23(6-2)18-10-13-20(16(4)14-18)22-21(24)15-17-8-11-19(12-9-17)25-7-3/h8-14H,5-7,15H2,1-4H3,(H,22,24). The zero-order chi connectivity index (χ0) is 18.2. The van der Waals surface area contributed by atoms with Crippen LogP contribution >= 0.6 is 0 Å². The second-order valence-corrected chi connectivity index (χ2v) is 5.97. The third kappa shape index (κ3) is 5.24. The van der Waals surface area contributed by atoms with Crippen LogP contribution in [0.2, 0.25) is 0 Å². The first kappa shape index (κ1) is 18.8. The van der Waals surface area contributed by atoms with Gasteiger partial charge in [-0.15, -0.1) is 0 Å². The second-order valence-electron chi connectivity index (χ2n) is 5.97. The van der Waals surface area contributed by atoms with Gasteiger partial charge in [0.25, 0.3) is 0 Å². The Morgan fingerprint density at radius 3 is 2.28 bits per heavy atom. The Balaban J connectivity index is 2.00. The minimum Gasteiger partial charge on any atom is -0.494 e. The first-order valence-electron chi connectivity index (χ1n) is 8.94. The summed E-state index contributed by atoms with van der Waals surface area (Å²) in [7, 11) is 0. The van der Waals surface area contributed by atoms with Crippen molar-refractivity contribution < 1.29 is 9.53 Å². The quantitative estimate of drug-likeness (QED) is 0.773. The largest absolute Gasteiger partial charge is 0.494 e. The van der Waals surface area contributed by atoms with Gasteiger partial charge in [0.05, 0.1) is 13.0 Å². The van der Waals surface area contributed by atoms with Crippen LogP contribution in [0.15, 0.2) is 42.5 Å². The Hall–Kier alpha value is -2.49. The van der Waals surface area contributed by atoms with Gasteiger partial charge in [0.2, 0.25) is 5.91 Å².